The third-order valence-electron chi connectivity index (χ3n) is 4.62. The van der Waals surface area contributed by atoms with Crippen molar-refractivity contribution in [3.8, 4) is 0 Å². The van der Waals surface area contributed by atoms with Crippen LogP contribution in [0.4, 0.5) is 0 Å². The number of carbonyl (C=O) groups is 1. The molecule has 1 heterocycles. The van der Waals surface area contributed by atoms with E-state index >= 15 is 0 Å². The van der Waals surface area contributed by atoms with E-state index in [0.29, 0.717) is 13.0 Å². The average molecular weight is 361 g/mol. The molecule has 0 aromatic heterocycles. The summed E-state index contributed by atoms with van der Waals surface area (Å²) in [7, 11) is 0. The number of likely N-dealkylation sites (tertiary alicyclic amines) is 1. The number of aliphatic hydroxyl groups is 1. The first-order valence-electron chi connectivity index (χ1n) is 9.92. The predicted molar refractivity (Wildman–Crippen MR) is 110 cm³/mol. The molecule has 0 radical (unpaired) electrons. The molecule has 0 bridgehead atoms. The average Bonchev–Trinajstić information content (AvgIpc) is 2.61. The molecule has 1 aliphatic rings. The minimum atomic E-state index is -0.549. The monoisotopic (exact) mass is 360 g/mol. The van der Waals surface area contributed by atoms with E-state index in [1.165, 1.54) is 19.3 Å². The molecule has 3 unspecified atom stereocenters. The lowest BCUT2D eigenvalue weighted by Gasteiger charge is -2.39. The van der Waals surface area contributed by atoms with Crippen molar-refractivity contribution in [2.24, 2.45) is 5.73 Å². The Hall–Kier alpha value is -1.65. The smallest absolute Gasteiger partial charge is 0.219 e. The summed E-state index contributed by atoms with van der Waals surface area (Å²) in [6.07, 6.45) is 23.7. The Balaban J connectivity index is 2.25. The number of rotatable bonds is 10. The van der Waals surface area contributed by atoms with Gasteiger partial charge in [0.1, 0.15) is 0 Å². The van der Waals surface area contributed by atoms with Crippen molar-refractivity contribution in [2.75, 3.05) is 6.54 Å². The molecule has 1 amide bonds. The Morgan fingerprint density at radius 3 is 2.23 bits per heavy atom. The molecule has 1 fully saturated rings. The Morgan fingerprint density at radius 1 is 1.08 bits per heavy atom. The second kappa shape index (κ2) is 13.5. The summed E-state index contributed by atoms with van der Waals surface area (Å²) in [5.41, 5.74) is 5.85. The van der Waals surface area contributed by atoms with E-state index in [-0.39, 0.29) is 18.0 Å². The highest BCUT2D eigenvalue weighted by molar-refractivity contribution is 5.74. The van der Waals surface area contributed by atoms with Crippen molar-refractivity contribution < 1.29 is 9.90 Å². The number of aliphatic hydroxyl groups excluding tert-OH is 1. The minimum Gasteiger partial charge on any atom is -0.391 e. The lowest BCUT2D eigenvalue weighted by Crippen LogP contribution is -2.56. The maximum absolute atomic E-state index is 11.7. The minimum absolute atomic E-state index is 0.00140. The van der Waals surface area contributed by atoms with E-state index < -0.39 is 6.10 Å². The number of amides is 1. The van der Waals surface area contributed by atoms with Crippen LogP contribution in [-0.4, -0.2) is 40.6 Å². The quantitative estimate of drug-likeness (QED) is 0.459. The molecule has 0 saturated carbocycles. The highest BCUT2D eigenvalue weighted by Gasteiger charge is 2.32. The van der Waals surface area contributed by atoms with Crippen LogP contribution in [0, 0.1) is 0 Å². The number of allylic oxidation sites excluding steroid dienone is 7. The van der Waals surface area contributed by atoms with Gasteiger partial charge in [-0.15, -0.1) is 0 Å². The maximum Gasteiger partial charge on any atom is 0.219 e. The van der Waals surface area contributed by atoms with Gasteiger partial charge in [0, 0.05) is 19.5 Å². The van der Waals surface area contributed by atoms with E-state index in [2.05, 4.69) is 37.3 Å². The second-order valence-electron chi connectivity index (χ2n) is 6.95. The fourth-order valence-electron chi connectivity index (χ4n) is 2.97. The lowest BCUT2D eigenvalue weighted by molar-refractivity contribution is -0.133. The molecule has 26 heavy (non-hydrogen) atoms. The number of unbranched alkanes of at least 4 members (excludes halogenated alkanes) is 4. The zero-order valence-corrected chi connectivity index (χ0v) is 16.4. The van der Waals surface area contributed by atoms with Crippen LogP contribution in [0.2, 0.25) is 0 Å². The van der Waals surface area contributed by atoms with E-state index in [1.54, 1.807) is 11.8 Å². The first-order valence-corrected chi connectivity index (χ1v) is 9.92. The molecule has 1 aliphatic heterocycles. The van der Waals surface area contributed by atoms with Crippen LogP contribution in [-0.2, 0) is 4.79 Å². The van der Waals surface area contributed by atoms with Crippen LogP contribution in [0.3, 0.4) is 0 Å². The van der Waals surface area contributed by atoms with Crippen LogP contribution in [0.1, 0.15) is 58.8 Å². The van der Waals surface area contributed by atoms with E-state index in [4.69, 9.17) is 5.73 Å². The number of carbonyl (C=O) groups excluding carboxylic acids is 1. The summed E-state index contributed by atoms with van der Waals surface area (Å²) < 4.78 is 0. The molecular formula is C22H36N2O2. The second-order valence-corrected chi connectivity index (χ2v) is 6.95. The van der Waals surface area contributed by atoms with Crippen LogP contribution in [0.5, 0.6) is 0 Å². The van der Waals surface area contributed by atoms with Gasteiger partial charge in [0.2, 0.25) is 5.91 Å². The maximum atomic E-state index is 11.7. The van der Waals surface area contributed by atoms with Crippen molar-refractivity contribution in [3.63, 3.8) is 0 Å². The van der Waals surface area contributed by atoms with Gasteiger partial charge in [-0.3, -0.25) is 4.79 Å². The van der Waals surface area contributed by atoms with Crippen LogP contribution in [0.15, 0.2) is 48.6 Å². The molecule has 3 atom stereocenters. The Labute approximate surface area is 159 Å². The summed E-state index contributed by atoms with van der Waals surface area (Å²) >= 11 is 0. The van der Waals surface area contributed by atoms with E-state index in [9.17, 15) is 9.90 Å². The zero-order chi connectivity index (χ0) is 19.2. The van der Waals surface area contributed by atoms with Gasteiger partial charge < -0.3 is 15.7 Å². The summed E-state index contributed by atoms with van der Waals surface area (Å²) in [6, 6.07) is -0.428. The Morgan fingerprint density at radius 2 is 1.65 bits per heavy atom. The van der Waals surface area contributed by atoms with Gasteiger partial charge in [-0.1, -0.05) is 68.4 Å². The Kier molecular flexibility index (Phi) is 11.7. The summed E-state index contributed by atoms with van der Waals surface area (Å²) in [4.78, 5) is 13.5. The molecule has 3 N–H and O–H groups in total. The van der Waals surface area contributed by atoms with E-state index in [0.717, 1.165) is 19.3 Å². The van der Waals surface area contributed by atoms with Crippen molar-refractivity contribution in [1.29, 1.82) is 0 Å². The van der Waals surface area contributed by atoms with E-state index in [1.807, 2.05) is 18.2 Å². The highest BCUT2D eigenvalue weighted by Crippen LogP contribution is 2.18. The molecule has 146 valence electrons. The molecule has 0 aliphatic carbocycles. The van der Waals surface area contributed by atoms with Gasteiger partial charge in [-0.2, -0.15) is 0 Å². The number of hydrogen-bond donors (Lipinski definition) is 2. The number of nitrogens with two attached hydrogens (primary N) is 1. The third kappa shape index (κ3) is 9.16. The molecule has 4 nitrogen and oxygen atoms in total. The van der Waals surface area contributed by atoms with Crippen molar-refractivity contribution in [3.05, 3.63) is 48.6 Å². The fraction of sp³-hybridized carbons (Fsp3) is 0.591. The predicted octanol–water partition coefficient (Wildman–Crippen LogP) is 3.88. The third-order valence-corrected chi connectivity index (χ3v) is 4.62. The molecule has 4 heteroatoms. The van der Waals surface area contributed by atoms with Gasteiger partial charge in [0.15, 0.2) is 0 Å². The van der Waals surface area contributed by atoms with Crippen molar-refractivity contribution in [1.82, 2.24) is 4.90 Å². The molecule has 0 aromatic rings. The topological polar surface area (TPSA) is 66.6 Å². The molecule has 1 saturated heterocycles. The van der Waals surface area contributed by atoms with Crippen molar-refractivity contribution >= 4 is 5.91 Å². The van der Waals surface area contributed by atoms with Gasteiger partial charge in [-0.25, -0.2) is 0 Å². The molecule has 0 spiro atoms. The first kappa shape index (κ1) is 22.4. The zero-order valence-electron chi connectivity index (χ0n) is 16.4. The van der Waals surface area contributed by atoms with Crippen LogP contribution < -0.4 is 5.73 Å². The van der Waals surface area contributed by atoms with Crippen LogP contribution in [0.25, 0.3) is 0 Å². The number of hydrogen-bond acceptors (Lipinski definition) is 3. The fourth-order valence-corrected chi connectivity index (χ4v) is 2.97. The van der Waals surface area contributed by atoms with Gasteiger partial charge in [0.05, 0.1) is 12.1 Å². The standard InChI is InChI=1S/C22H36N2O2/c1-3-4-5-6-7-8-9-10-11-12-13-14-15-16-20-17-22(26)21(23)18-24(20)19(2)25/h6-9,13-16,20-22,26H,3-5,10-12,17-18,23H2,1-2H3. The SMILES string of the molecule is CCCCC=CC=CCCCC=CC=CC1CC(O)C(N)CN1C(C)=O. The summed E-state index contributed by atoms with van der Waals surface area (Å²) in [5, 5.41) is 9.93. The van der Waals surface area contributed by atoms with Gasteiger partial charge in [0.25, 0.3) is 0 Å². The normalized spacial score (nSPS) is 24.6. The van der Waals surface area contributed by atoms with Gasteiger partial charge in [-0.05, 0) is 32.1 Å². The Bertz CT molecular complexity index is 508. The summed E-state index contributed by atoms with van der Waals surface area (Å²) in [5.74, 6) is 0.00140. The number of nitrogens with zero attached hydrogens (tertiary/aromatic N) is 1. The largest absolute Gasteiger partial charge is 0.391 e. The highest BCUT2D eigenvalue weighted by atomic mass is 16.3. The van der Waals surface area contributed by atoms with Crippen LogP contribution >= 0.6 is 0 Å². The summed E-state index contributed by atoms with van der Waals surface area (Å²) in [6.45, 7) is 4.17. The first-order chi connectivity index (χ1) is 12.6. The molecule has 1 rings (SSSR count). The number of piperidine rings is 1. The molecular weight excluding hydrogens is 324 g/mol. The lowest BCUT2D eigenvalue weighted by atomic mass is 9.95. The molecule has 0 aromatic carbocycles. The van der Waals surface area contributed by atoms with Gasteiger partial charge >= 0.3 is 0 Å². The van der Waals surface area contributed by atoms with Crippen molar-refractivity contribution in [2.45, 2.75) is 77.0 Å².